The third kappa shape index (κ3) is 2.73. The zero-order valence-corrected chi connectivity index (χ0v) is 11.2. The summed E-state index contributed by atoms with van der Waals surface area (Å²) in [5, 5.41) is 13.4. The summed E-state index contributed by atoms with van der Waals surface area (Å²) < 4.78 is 1.66. The first kappa shape index (κ1) is 13.1. The van der Waals surface area contributed by atoms with Gasteiger partial charge < -0.3 is 5.11 Å². The van der Waals surface area contributed by atoms with Crippen LogP contribution in [0.5, 0.6) is 0 Å². The molecule has 0 unspecified atom stereocenters. The van der Waals surface area contributed by atoms with Crippen molar-refractivity contribution in [2.75, 3.05) is 0 Å². The van der Waals surface area contributed by atoms with Crippen molar-refractivity contribution in [3.05, 3.63) is 52.9 Å². The fourth-order valence-electron chi connectivity index (χ4n) is 1.90. The molecule has 0 aliphatic rings. The summed E-state index contributed by atoms with van der Waals surface area (Å²) in [6.45, 7) is 5.85. The van der Waals surface area contributed by atoms with E-state index in [1.807, 2.05) is 51.1 Å². The molecule has 0 spiro atoms. The number of benzene rings is 1. The van der Waals surface area contributed by atoms with Crippen LogP contribution in [0.2, 0.25) is 0 Å². The normalized spacial score (nSPS) is 10.3. The fraction of sp³-hybridized carbons (Fsp3) is 0.200. The second kappa shape index (κ2) is 5.10. The van der Waals surface area contributed by atoms with E-state index in [1.165, 1.54) is 6.20 Å². The maximum atomic E-state index is 11.2. The topological polar surface area (TPSA) is 55.1 Å². The summed E-state index contributed by atoms with van der Waals surface area (Å²) in [5.41, 5.74) is 3.80. The van der Waals surface area contributed by atoms with E-state index in [4.69, 9.17) is 0 Å². The quantitative estimate of drug-likeness (QED) is 0.916. The number of aromatic nitrogens is 2. The standard InChI is InChI=1S/C15H16N2O2/c1-10(2)7-14-13(15(18)19)9-16-17(14)12-6-4-5-11(3)8-12/h4-9H,1-3H3,(H,18,19). The molecule has 0 amide bonds. The van der Waals surface area contributed by atoms with E-state index in [0.29, 0.717) is 5.69 Å². The van der Waals surface area contributed by atoms with Gasteiger partial charge in [-0.3, -0.25) is 0 Å². The number of nitrogens with zero attached hydrogens (tertiary/aromatic N) is 2. The molecular formula is C15H16N2O2. The van der Waals surface area contributed by atoms with Crippen LogP contribution in [-0.2, 0) is 0 Å². The van der Waals surface area contributed by atoms with Crippen molar-refractivity contribution in [3.8, 4) is 5.69 Å². The van der Waals surface area contributed by atoms with E-state index >= 15 is 0 Å². The highest BCUT2D eigenvalue weighted by Crippen LogP contribution is 2.19. The minimum Gasteiger partial charge on any atom is -0.478 e. The number of rotatable bonds is 3. The molecule has 0 bridgehead atoms. The van der Waals surface area contributed by atoms with E-state index < -0.39 is 5.97 Å². The van der Waals surface area contributed by atoms with Crippen LogP contribution in [0.4, 0.5) is 0 Å². The van der Waals surface area contributed by atoms with Gasteiger partial charge in [0.15, 0.2) is 0 Å². The number of allylic oxidation sites excluding steroid dienone is 1. The first-order valence-electron chi connectivity index (χ1n) is 6.02. The fourth-order valence-corrected chi connectivity index (χ4v) is 1.90. The maximum Gasteiger partial charge on any atom is 0.339 e. The third-order valence-corrected chi connectivity index (χ3v) is 2.71. The minimum atomic E-state index is -0.966. The van der Waals surface area contributed by atoms with Crippen molar-refractivity contribution in [2.24, 2.45) is 0 Å². The number of carboxylic acid groups (broad SMARTS) is 1. The lowest BCUT2D eigenvalue weighted by Crippen LogP contribution is -2.03. The van der Waals surface area contributed by atoms with Gasteiger partial charge in [-0.05, 0) is 44.5 Å². The molecule has 2 rings (SSSR count). The SMILES string of the molecule is CC(C)=Cc1c(C(=O)O)cnn1-c1cccc(C)c1. The van der Waals surface area contributed by atoms with Gasteiger partial charge >= 0.3 is 5.97 Å². The van der Waals surface area contributed by atoms with Gasteiger partial charge in [-0.25, -0.2) is 9.48 Å². The molecular weight excluding hydrogens is 240 g/mol. The van der Waals surface area contributed by atoms with Crippen LogP contribution >= 0.6 is 0 Å². The first-order valence-corrected chi connectivity index (χ1v) is 6.02. The van der Waals surface area contributed by atoms with E-state index in [0.717, 1.165) is 16.8 Å². The highest BCUT2D eigenvalue weighted by molar-refractivity contribution is 5.91. The lowest BCUT2D eigenvalue weighted by atomic mass is 10.1. The molecule has 0 saturated carbocycles. The molecule has 1 aromatic carbocycles. The molecule has 1 heterocycles. The van der Waals surface area contributed by atoms with Crippen molar-refractivity contribution < 1.29 is 9.90 Å². The highest BCUT2D eigenvalue weighted by Gasteiger charge is 2.15. The number of hydrogen-bond acceptors (Lipinski definition) is 2. The van der Waals surface area contributed by atoms with Gasteiger partial charge in [-0.2, -0.15) is 5.10 Å². The third-order valence-electron chi connectivity index (χ3n) is 2.71. The Hall–Kier alpha value is -2.36. The second-order valence-corrected chi connectivity index (χ2v) is 4.72. The van der Waals surface area contributed by atoms with Crippen LogP contribution in [0.1, 0.15) is 35.5 Å². The Morgan fingerprint density at radius 1 is 1.37 bits per heavy atom. The Balaban J connectivity index is 2.64. The van der Waals surface area contributed by atoms with Crippen LogP contribution in [0, 0.1) is 6.92 Å². The molecule has 0 saturated heterocycles. The van der Waals surface area contributed by atoms with Gasteiger partial charge in [0, 0.05) is 0 Å². The van der Waals surface area contributed by atoms with E-state index in [9.17, 15) is 9.90 Å². The number of carbonyl (C=O) groups is 1. The van der Waals surface area contributed by atoms with E-state index in [-0.39, 0.29) is 5.56 Å². The summed E-state index contributed by atoms with van der Waals surface area (Å²) in [4.78, 5) is 11.2. The molecule has 4 heteroatoms. The Kier molecular flexibility index (Phi) is 3.51. The lowest BCUT2D eigenvalue weighted by Gasteiger charge is -2.06. The second-order valence-electron chi connectivity index (χ2n) is 4.72. The average molecular weight is 256 g/mol. The summed E-state index contributed by atoms with van der Waals surface area (Å²) in [7, 11) is 0. The van der Waals surface area contributed by atoms with Crippen LogP contribution in [-0.4, -0.2) is 20.9 Å². The van der Waals surface area contributed by atoms with Gasteiger partial charge in [-0.1, -0.05) is 17.7 Å². The van der Waals surface area contributed by atoms with Crippen LogP contribution in [0.3, 0.4) is 0 Å². The summed E-state index contributed by atoms with van der Waals surface area (Å²) in [6.07, 6.45) is 3.22. The van der Waals surface area contributed by atoms with Crippen molar-refractivity contribution in [3.63, 3.8) is 0 Å². The summed E-state index contributed by atoms with van der Waals surface area (Å²) >= 11 is 0. The molecule has 2 aromatic rings. The van der Waals surface area contributed by atoms with Crippen molar-refractivity contribution in [1.82, 2.24) is 9.78 Å². The van der Waals surface area contributed by atoms with Gasteiger partial charge in [0.1, 0.15) is 5.56 Å². The highest BCUT2D eigenvalue weighted by atomic mass is 16.4. The first-order chi connectivity index (χ1) is 8.99. The molecule has 0 aliphatic carbocycles. The minimum absolute atomic E-state index is 0.211. The zero-order valence-electron chi connectivity index (χ0n) is 11.2. The summed E-state index contributed by atoms with van der Waals surface area (Å²) in [6, 6.07) is 7.81. The average Bonchev–Trinajstić information content (AvgIpc) is 2.71. The summed E-state index contributed by atoms with van der Waals surface area (Å²) in [5.74, 6) is -0.966. The van der Waals surface area contributed by atoms with Crippen molar-refractivity contribution in [1.29, 1.82) is 0 Å². The van der Waals surface area contributed by atoms with Crippen molar-refractivity contribution >= 4 is 12.0 Å². The zero-order chi connectivity index (χ0) is 14.0. The number of aromatic carboxylic acids is 1. The molecule has 0 fully saturated rings. The Bertz CT molecular complexity index is 650. The van der Waals surface area contributed by atoms with Gasteiger partial charge in [0.2, 0.25) is 0 Å². The molecule has 4 nitrogen and oxygen atoms in total. The van der Waals surface area contributed by atoms with Crippen LogP contribution < -0.4 is 0 Å². The predicted octanol–water partition coefficient (Wildman–Crippen LogP) is 3.30. The number of hydrogen-bond donors (Lipinski definition) is 1. The number of carboxylic acids is 1. The molecule has 0 atom stereocenters. The Morgan fingerprint density at radius 3 is 2.68 bits per heavy atom. The monoisotopic (exact) mass is 256 g/mol. The molecule has 0 radical (unpaired) electrons. The Labute approximate surface area is 112 Å². The molecule has 19 heavy (non-hydrogen) atoms. The molecule has 0 aliphatic heterocycles. The largest absolute Gasteiger partial charge is 0.478 e. The van der Waals surface area contributed by atoms with Crippen molar-refractivity contribution in [2.45, 2.75) is 20.8 Å². The van der Waals surface area contributed by atoms with Crippen LogP contribution in [0.15, 0.2) is 36.0 Å². The predicted molar refractivity (Wildman–Crippen MR) is 74.6 cm³/mol. The lowest BCUT2D eigenvalue weighted by molar-refractivity contribution is 0.0696. The molecule has 1 N–H and O–H groups in total. The maximum absolute atomic E-state index is 11.2. The van der Waals surface area contributed by atoms with E-state index in [2.05, 4.69) is 5.10 Å². The molecule has 98 valence electrons. The number of aryl methyl sites for hydroxylation is 1. The van der Waals surface area contributed by atoms with E-state index in [1.54, 1.807) is 4.68 Å². The Morgan fingerprint density at radius 2 is 2.11 bits per heavy atom. The van der Waals surface area contributed by atoms with Gasteiger partial charge in [0.05, 0.1) is 17.6 Å². The molecule has 1 aromatic heterocycles. The van der Waals surface area contributed by atoms with Gasteiger partial charge in [0.25, 0.3) is 0 Å². The van der Waals surface area contributed by atoms with Gasteiger partial charge in [-0.15, -0.1) is 0 Å². The van der Waals surface area contributed by atoms with Crippen LogP contribution in [0.25, 0.3) is 11.8 Å². The smallest absolute Gasteiger partial charge is 0.339 e.